The zero-order chi connectivity index (χ0) is 17.6. The number of halogens is 2. The van der Waals surface area contributed by atoms with E-state index in [-0.39, 0.29) is 5.69 Å². The van der Waals surface area contributed by atoms with E-state index in [1.807, 2.05) is 12.1 Å². The highest BCUT2D eigenvalue weighted by Crippen LogP contribution is 2.19. The quantitative estimate of drug-likeness (QED) is 0.744. The second-order valence-corrected chi connectivity index (χ2v) is 5.19. The lowest BCUT2D eigenvalue weighted by molar-refractivity contribution is 0.102. The van der Waals surface area contributed by atoms with Crippen molar-refractivity contribution < 1.29 is 13.6 Å². The topological polar surface area (TPSA) is 66.9 Å². The number of nitrogens with zero attached hydrogens (tertiary/aromatic N) is 2. The maximum atomic E-state index is 13.6. The predicted molar refractivity (Wildman–Crippen MR) is 90.1 cm³/mol. The van der Waals surface area contributed by atoms with Crippen LogP contribution in [0.4, 0.5) is 20.2 Å². The van der Waals surface area contributed by atoms with Gasteiger partial charge in [-0.3, -0.25) is 9.78 Å². The van der Waals surface area contributed by atoms with Gasteiger partial charge in [0.1, 0.15) is 23.0 Å². The van der Waals surface area contributed by atoms with E-state index in [0.717, 1.165) is 17.7 Å². The van der Waals surface area contributed by atoms with E-state index in [1.165, 1.54) is 18.3 Å². The summed E-state index contributed by atoms with van der Waals surface area (Å²) in [6.45, 7) is 0.580. The number of benzene rings is 1. The Labute approximate surface area is 142 Å². The Morgan fingerprint density at radius 1 is 1.00 bits per heavy atom. The molecule has 0 radical (unpaired) electrons. The minimum absolute atomic E-state index is 0.0529. The molecule has 126 valence electrons. The molecule has 1 aromatic carbocycles. The summed E-state index contributed by atoms with van der Waals surface area (Å²) in [5, 5.41) is 5.35. The Hall–Kier alpha value is -3.35. The molecule has 3 rings (SSSR count). The maximum absolute atomic E-state index is 13.6. The first kappa shape index (κ1) is 16.5. The molecule has 25 heavy (non-hydrogen) atoms. The summed E-state index contributed by atoms with van der Waals surface area (Å²) in [5.74, 6) is -2.38. The number of rotatable bonds is 5. The van der Waals surface area contributed by atoms with Crippen molar-refractivity contribution in [1.29, 1.82) is 0 Å². The fraction of sp³-hybridized carbons (Fsp3) is 0.0556. The van der Waals surface area contributed by atoms with Gasteiger partial charge in [-0.1, -0.05) is 6.07 Å². The zero-order valence-corrected chi connectivity index (χ0v) is 13.0. The Balaban J connectivity index is 1.64. The van der Waals surface area contributed by atoms with E-state index >= 15 is 0 Å². The van der Waals surface area contributed by atoms with Gasteiger partial charge in [0.05, 0.1) is 11.9 Å². The van der Waals surface area contributed by atoms with Crippen LogP contribution in [0.15, 0.2) is 61.1 Å². The standard InChI is InChI=1S/C18H14F2N4O/c19-14-2-1-3-15(20)17(14)24-18(25)16-5-4-13(11-23-16)22-10-12-6-8-21-9-7-12/h1-9,11,22H,10H2,(H,24,25). The van der Waals surface area contributed by atoms with E-state index in [4.69, 9.17) is 0 Å². The molecule has 0 atom stereocenters. The van der Waals surface area contributed by atoms with Gasteiger partial charge in [-0.2, -0.15) is 0 Å². The third kappa shape index (κ3) is 4.14. The third-order valence-corrected chi connectivity index (χ3v) is 3.44. The number of para-hydroxylation sites is 1. The molecule has 0 unspecified atom stereocenters. The molecular weight excluding hydrogens is 326 g/mol. The molecule has 0 aliphatic heterocycles. The molecule has 2 heterocycles. The Kier molecular flexibility index (Phi) is 4.94. The van der Waals surface area contributed by atoms with Crippen LogP contribution in [0.5, 0.6) is 0 Å². The van der Waals surface area contributed by atoms with Crippen LogP contribution in [0.25, 0.3) is 0 Å². The molecule has 5 nitrogen and oxygen atoms in total. The largest absolute Gasteiger partial charge is 0.380 e. The normalized spacial score (nSPS) is 10.3. The molecular formula is C18H14F2N4O. The third-order valence-electron chi connectivity index (χ3n) is 3.44. The molecule has 1 amide bonds. The summed E-state index contributed by atoms with van der Waals surface area (Å²) < 4.78 is 27.1. The summed E-state index contributed by atoms with van der Waals surface area (Å²) in [4.78, 5) is 20.0. The molecule has 0 fully saturated rings. The lowest BCUT2D eigenvalue weighted by Crippen LogP contribution is -2.15. The summed E-state index contributed by atoms with van der Waals surface area (Å²) >= 11 is 0. The van der Waals surface area contributed by atoms with E-state index in [0.29, 0.717) is 12.2 Å². The molecule has 2 N–H and O–H groups in total. The zero-order valence-electron chi connectivity index (χ0n) is 13.0. The van der Waals surface area contributed by atoms with Crippen LogP contribution in [-0.4, -0.2) is 15.9 Å². The lowest BCUT2D eigenvalue weighted by atomic mass is 10.2. The number of anilines is 2. The molecule has 0 saturated carbocycles. The molecule has 0 aliphatic rings. The average Bonchev–Trinajstić information content (AvgIpc) is 2.64. The van der Waals surface area contributed by atoms with Crippen molar-refractivity contribution in [1.82, 2.24) is 9.97 Å². The first-order valence-corrected chi connectivity index (χ1v) is 7.47. The van der Waals surface area contributed by atoms with Crippen LogP contribution in [0.1, 0.15) is 16.1 Å². The van der Waals surface area contributed by atoms with Crippen LogP contribution >= 0.6 is 0 Å². The molecule has 0 aliphatic carbocycles. The number of carbonyl (C=O) groups excluding carboxylic acids is 1. The van der Waals surface area contributed by atoms with Crippen LogP contribution in [-0.2, 0) is 6.54 Å². The molecule has 0 bridgehead atoms. The van der Waals surface area contributed by atoms with Crippen molar-refractivity contribution in [2.45, 2.75) is 6.54 Å². The highest BCUT2D eigenvalue weighted by molar-refractivity contribution is 6.03. The molecule has 0 spiro atoms. The number of hydrogen-bond acceptors (Lipinski definition) is 4. The maximum Gasteiger partial charge on any atom is 0.274 e. The van der Waals surface area contributed by atoms with Crippen molar-refractivity contribution in [3.8, 4) is 0 Å². The number of carbonyl (C=O) groups is 1. The van der Waals surface area contributed by atoms with Gasteiger partial charge >= 0.3 is 0 Å². The highest BCUT2D eigenvalue weighted by atomic mass is 19.1. The summed E-state index contributed by atoms with van der Waals surface area (Å²) in [7, 11) is 0. The van der Waals surface area contributed by atoms with Crippen molar-refractivity contribution in [3.63, 3.8) is 0 Å². The minimum atomic E-state index is -0.844. The van der Waals surface area contributed by atoms with Crippen molar-refractivity contribution >= 4 is 17.3 Å². The Morgan fingerprint density at radius 3 is 2.36 bits per heavy atom. The molecule has 0 saturated heterocycles. The second-order valence-electron chi connectivity index (χ2n) is 5.19. The first-order chi connectivity index (χ1) is 12.1. The minimum Gasteiger partial charge on any atom is -0.380 e. The first-order valence-electron chi connectivity index (χ1n) is 7.47. The van der Waals surface area contributed by atoms with Crippen molar-refractivity contribution in [2.75, 3.05) is 10.6 Å². The second kappa shape index (κ2) is 7.48. The van der Waals surface area contributed by atoms with E-state index in [9.17, 15) is 13.6 Å². The fourth-order valence-electron chi connectivity index (χ4n) is 2.13. The lowest BCUT2D eigenvalue weighted by Gasteiger charge is -2.09. The predicted octanol–water partition coefficient (Wildman–Crippen LogP) is 3.62. The number of amides is 1. The van der Waals surface area contributed by atoms with Gasteiger partial charge in [0, 0.05) is 18.9 Å². The average molecular weight is 340 g/mol. The number of pyridine rings is 2. The van der Waals surface area contributed by atoms with E-state index in [1.54, 1.807) is 18.5 Å². The van der Waals surface area contributed by atoms with E-state index < -0.39 is 23.2 Å². The molecule has 7 heteroatoms. The van der Waals surface area contributed by atoms with Gasteiger partial charge in [0.25, 0.3) is 5.91 Å². The van der Waals surface area contributed by atoms with Gasteiger partial charge in [-0.05, 0) is 42.0 Å². The Morgan fingerprint density at radius 2 is 1.72 bits per heavy atom. The number of nitrogens with one attached hydrogen (secondary N) is 2. The van der Waals surface area contributed by atoms with E-state index in [2.05, 4.69) is 20.6 Å². The number of hydrogen-bond donors (Lipinski definition) is 2. The smallest absolute Gasteiger partial charge is 0.274 e. The van der Waals surface area contributed by atoms with Gasteiger partial charge in [-0.15, -0.1) is 0 Å². The number of aromatic nitrogens is 2. The van der Waals surface area contributed by atoms with Crippen molar-refractivity contribution in [3.05, 3.63) is 83.9 Å². The van der Waals surface area contributed by atoms with Crippen LogP contribution in [0.3, 0.4) is 0 Å². The van der Waals surface area contributed by atoms with Crippen molar-refractivity contribution in [2.24, 2.45) is 0 Å². The highest BCUT2D eigenvalue weighted by Gasteiger charge is 2.14. The molecule has 2 aromatic heterocycles. The van der Waals surface area contributed by atoms with Crippen LogP contribution < -0.4 is 10.6 Å². The van der Waals surface area contributed by atoms with Gasteiger partial charge < -0.3 is 10.6 Å². The van der Waals surface area contributed by atoms with Gasteiger partial charge in [0.2, 0.25) is 0 Å². The van der Waals surface area contributed by atoms with Crippen LogP contribution in [0.2, 0.25) is 0 Å². The summed E-state index contributed by atoms with van der Waals surface area (Å²) in [6, 6.07) is 10.3. The monoisotopic (exact) mass is 340 g/mol. The fourth-order valence-corrected chi connectivity index (χ4v) is 2.13. The summed E-state index contributed by atoms with van der Waals surface area (Å²) in [5.41, 5.74) is 1.32. The summed E-state index contributed by atoms with van der Waals surface area (Å²) in [6.07, 6.45) is 4.88. The van der Waals surface area contributed by atoms with Gasteiger partial charge in [0.15, 0.2) is 0 Å². The van der Waals surface area contributed by atoms with Crippen LogP contribution in [0, 0.1) is 11.6 Å². The molecule has 3 aromatic rings. The van der Waals surface area contributed by atoms with Gasteiger partial charge in [-0.25, -0.2) is 13.8 Å². The Bertz CT molecular complexity index is 850. The SMILES string of the molecule is O=C(Nc1c(F)cccc1F)c1ccc(NCc2ccncc2)cn1.